The molecule has 2 N–H and O–H groups in total. The first-order valence-electron chi connectivity index (χ1n) is 12.0. The van der Waals surface area contributed by atoms with Crippen LogP contribution in [-0.4, -0.2) is 42.7 Å². The normalized spacial score (nSPS) is 22.7. The molecule has 2 aliphatic carbocycles. The van der Waals surface area contributed by atoms with E-state index in [0.717, 1.165) is 29.8 Å². The molecule has 3 aliphatic rings. The van der Waals surface area contributed by atoms with Crippen LogP contribution in [0.1, 0.15) is 43.5 Å². The Labute approximate surface area is 211 Å². The molecular formula is C28H30FN3O3S. The van der Waals surface area contributed by atoms with Gasteiger partial charge in [0, 0.05) is 23.8 Å². The van der Waals surface area contributed by atoms with E-state index in [1.54, 1.807) is 36.4 Å². The highest BCUT2D eigenvalue weighted by Gasteiger charge is 2.75. The molecule has 0 amide bonds. The summed E-state index contributed by atoms with van der Waals surface area (Å²) in [5.74, 6) is 6.09. The summed E-state index contributed by atoms with van der Waals surface area (Å²) in [4.78, 5) is 0.235. The molecular weight excluding hydrogens is 477 g/mol. The van der Waals surface area contributed by atoms with Crippen LogP contribution in [0, 0.1) is 17.7 Å². The first-order chi connectivity index (χ1) is 17.3. The number of rotatable bonds is 2. The van der Waals surface area contributed by atoms with Gasteiger partial charge in [0.15, 0.2) is 15.4 Å². The number of aromatic nitrogens is 2. The van der Waals surface area contributed by atoms with Crippen LogP contribution in [0.5, 0.6) is 0 Å². The molecule has 36 heavy (non-hydrogen) atoms. The van der Waals surface area contributed by atoms with Gasteiger partial charge >= 0.3 is 0 Å². The van der Waals surface area contributed by atoms with Gasteiger partial charge in [-0.25, -0.2) is 17.5 Å². The fourth-order valence-electron chi connectivity index (χ4n) is 5.00. The SMILES string of the molecule is CC.CN.CS(=O)(=O)c1ccccc1C#CC12CCC3=Cc4c(cnn4-c4ccc(F)cc4)CC31O2. The van der Waals surface area contributed by atoms with E-state index in [2.05, 4.69) is 28.7 Å². The van der Waals surface area contributed by atoms with E-state index in [1.807, 2.05) is 24.7 Å². The van der Waals surface area contributed by atoms with Gasteiger partial charge in [-0.2, -0.15) is 5.10 Å². The lowest BCUT2D eigenvalue weighted by Crippen LogP contribution is -2.25. The molecule has 0 bridgehead atoms. The third kappa shape index (κ3) is 4.17. The van der Waals surface area contributed by atoms with Crippen LogP contribution in [0.4, 0.5) is 4.39 Å². The van der Waals surface area contributed by atoms with Gasteiger partial charge in [0.05, 0.1) is 22.5 Å². The molecule has 6 nitrogen and oxygen atoms in total. The number of fused-ring (bicyclic) bond motifs is 1. The van der Waals surface area contributed by atoms with Gasteiger partial charge in [-0.3, -0.25) is 0 Å². The molecule has 1 spiro atoms. The summed E-state index contributed by atoms with van der Waals surface area (Å²) in [6, 6.07) is 13.1. The van der Waals surface area contributed by atoms with E-state index in [1.165, 1.54) is 31.0 Å². The highest BCUT2D eigenvalue weighted by Crippen LogP contribution is 2.65. The molecule has 188 valence electrons. The quantitative estimate of drug-likeness (QED) is 0.412. The monoisotopic (exact) mass is 507 g/mol. The molecule has 1 saturated heterocycles. The lowest BCUT2D eigenvalue weighted by molar-refractivity contribution is 0.271. The summed E-state index contributed by atoms with van der Waals surface area (Å²) in [5, 5.41) is 4.52. The smallest absolute Gasteiger partial charge is 0.176 e. The summed E-state index contributed by atoms with van der Waals surface area (Å²) >= 11 is 0. The van der Waals surface area contributed by atoms with Gasteiger partial charge < -0.3 is 10.5 Å². The highest BCUT2D eigenvalue weighted by atomic mass is 32.2. The minimum atomic E-state index is -3.37. The zero-order chi connectivity index (χ0) is 26.1. The molecule has 8 heteroatoms. The summed E-state index contributed by atoms with van der Waals surface area (Å²) < 4.78 is 45.6. The number of ether oxygens (including phenoxy) is 1. The molecule has 2 heterocycles. The van der Waals surface area contributed by atoms with E-state index in [4.69, 9.17) is 4.74 Å². The Morgan fingerprint density at radius 1 is 1.11 bits per heavy atom. The minimum Gasteiger partial charge on any atom is -0.344 e. The van der Waals surface area contributed by atoms with Crippen molar-refractivity contribution in [2.24, 2.45) is 5.73 Å². The molecule has 1 aromatic heterocycles. The number of halogens is 1. The third-order valence-electron chi connectivity index (χ3n) is 6.62. The van der Waals surface area contributed by atoms with Crippen LogP contribution in [0.15, 0.2) is 65.2 Å². The number of hydrogen-bond donors (Lipinski definition) is 1. The van der Waals surface area contributed by atoms with Crippen LogP contribution in [0.2, 0.25) is 0 Å². The lowest BCUT2D eigenvalue weighted by Gasteiger charge is -2.19. The summed E-state index contributed by atoms with van der Waals surface area (Å²) in [5.41, 5.74) is 7.95. The standard InChI is InChI=1S/C25H19FN2O3S.C2H6.CH5N/c1-32(29,30)23-5-3-2-4-17(23)10-12-24-13-11-19-14-22-18(15-25(19,24)31-24)16-27-28(22)21-8-6-20(26)7-9-21;2*1-2/h2-9,14,16H,11,13,15H2,1H3;1-2H3;2H2,1H3. The Balaban J connectivity index is 0.000000726. The molecule has 3 aromatic rings. The van der Waals surface area contributed by atoms with Gasteiger partial charge in [0.2, 0.25) is 0 Å². The van der Waals surface area contributed by atoms with Gasteiger partial charge in [-0.05, 0) is 67.9 Å². The largest absolute Gasteiger partial charge is 0.344 e. The number of nitrogens with two attached hydrogens (primary N) is 1. The summed E-state index contributed by atoms with van der Waals surface area (Å²) in [7, 11) is -1.87. The average molecular weight is 508 g/mol. The molecule has 1 aliphatic heterocycles. The number of epoxide rings is 1. The van der Waals surface area contributed by atoms with Crippen LogP contribution in [0.25, 0.3) is 11.8 Å². The highest BCUT2D eigenvalue weighted by molar-refractivity contribution is 7.90. The molecule has 1 saturated carbocycles. The first-order valence-corrected chi connectivity index (χ1v) is 13.8. The fourth-order valence-corrected chi connectivity index (χ4v) is 5.84. The van der Waals surface area contributed by atoms with Crippen molar-refractivity contribution in [1.29, 1.82) is 0 Å². The average Bonchev–Trinajstić information content (AvgIpc) is 3.16. The van der Waals surface area contributed by atoms with Crippen molar-refractivity contribution >= 4 is 15.9 Å². The van der Waals surface area contributed by atoms with Crippen molar-refractivity contribution in [3.63, 3.8) is 0 Å². The van der Waals surface area contributed by atoms with Crippen molar-refractivity contribution in [2.75, 3.05) is 13.3 Å². The number of sulfone groups is 1. The van der Waals surface area contributed by atoms with Crippen LogP contribution in [-0.2, 0) is 21.0 Å². The van der Waals surface area contributed by atoms with Crippen molar-refractivity contribution in [3.8, 4) is 17.5 Å². The molecule has 2 unspecified atom stereocenters. The Kier molecular flexibility index (Phi) is 6.93. The second kappa shape index (κ2) is 9.66. The molecule has 2 atom stereocenters. The summed E-state index contributed by atoms with van der Waals surface area (Å²) in [6.45, 7) is 4.00. The topological polar surface area (TPSA) is 90.5 Å². The van der Waals surface area contributed by atoms with Crippen LogP contribution < -0.4 is 5.73 Å². The third-order valence-corrected chi connectivity index (χ3v) is 7.77. The van der Waals surface area contributed by atoms with E-state index in [-0.39, 0.29) is 10.7 Å². The Morgan fingerprint density at radius 3 is 2.50 bits per heavy atom. The zero-order valence-electron chi connectivity index (χ0n) is 20.9. The van der Waals surface area contributed by atoms with Gasteiger partial charge in [-0.1, -0.05) is 37.8 Å². The van der Waals surface area contributed by atoms with Crippen molar-refractivity contribution < 1.29 is 17.5 Å². The van der Waals surface area contributed by atoms with Crippen LogP contribution >= 0.6 is 0 Å². The van der Waals surface area contributed by atoms with Crippen molar-refractivity contribution in [2.45, 2.75) is 49.2 Å². The minimum absolute atomic E-state index is 0.235. The molecule has 6 rings (SSSR count). The number of hydrogen-bond acceptors (Lipinski definition) is 5. The van der Waals surface area contributed by atoms with Gasteiger partial charge in [0.25, 0.3) is 0 Å². The van der Waals surface area contributed by atoms with E-state index < -0.39 is 21.0 Å². The Hall–Kier alpha value is -3.25. The Morgan fingerprint density at radius 2 is 1.81 bits per heavy atom. The second-order valence-corrected chi connectivity index (χ2v) is 10.5. The molecule has 2 aromatic carbocycles. The van der Waals surface area contributed by atoms with E-state index >= 15 is 0 Å². The van der Waals surface area contributed by atoms with Crippen molar-refractivity contribution in [1.82, 2.24) is 9.78 Å². The van der Waals surface area contributed by atoms with Crippen molar-refractivity contribution in [3.05, 3.63) is 82.9 Å². The summed E-state index contributed by atoms with van der Waals surface area (Å²) in [6.07, 6.45) is 7.43. The van der Waals surface area contributed by atoms with Gasteiger partial charge in [0.1, 0.15) is 11.4 Å². The number of benzene rings is 2. The van der Waals surface area contributed by atoms with Crippen LogP contribution in [0.3, 0.4) is 0 Å². The maximum Gasteiger partial charge on any atom is 0.176 e. The maximum atomic E-state index is 13.3. The predicted molar refractivity (Wildman–Crippen MR) is 139 cm³/mol. The Bertz CT molecular complexity index is 1480. The first kappa shape index (κ1) is 25.8. The van der Waals surface area contributed by atoms with Gasteiger partial charge in [-0.15, -0.1) is 0 Å². The lowest BCUT2D eigenvalue weighted by atomic mass is 9.83. The van der Waals surface area contributed by atoms with E-state index in [9.17, 15) is 12.8 Å². The molecule has 2 fully saturated rings. The fraction of sp³-hybridized carbons (Fsp3) is 0.321. The number of nitrogens with zero attached hydrogens (tertiary/aromatic N) is 2. The molecule has 0 radical (unpaired) electrons. The van der Waals surface area contributed by atoms with E-state index in [0.29, 0.717) is 12.0 Å². The zero-order valence-corrected chi connectivity index (χ0v) is 21.7. The predicted octanol–water partition coefficient (Wildman–Crippen LogP) is 4.31. The second-order valence-electron chi connectivity index (χ2n) is 8.56. The maximum absolute atomic E-state index is 13.3.